The van der Waals surface area contributed by atoms with Crippen LogP contribution in [0.25, 0.3) is 21.3 Å². The average molecular weight is 579 g/mol. The highest BCUT2D eigenvalue weighted by Crippen LogP contribution is 2.30. The lowest BCUT2D eigenvalue weighted by Gasteiger charge is -2.18. The molecule has 0 aliphatic carbocycles. The minimum absolute atomic E-state index is 0.250. The first-order valence-corrected chi connectivity index (χ1v) is 12.3. The number of halogens is 4. The van der Waals surface area contributed by atoms with Crippen molar-refractivity contribution in [1.82, 2.24) is 15.3 Å². The standard InChI is InChI=1S/C24H21FN4O3S.C2HF3O2/c1-13(2)21(23(31)32)29-22(30)15-5-3-14(4-6-15)16-7-8-18(17(25)11-16)27-24-28-19-12-26-10-9-20(19)33-24;3-2(4,5)1(6)7/h3-13,21H,1-2H3,(H,27,28)(H,29,30)(H,31,32);(H,6,7)/t21-;/m0./s1. The van der Waals surface area contributed by atoms with Gasteiger partial charge in [-0.05, 0) is 47.4 Å². The molecule has 0 spiro atoms. The number of fused-ring (bicyclic) bond motifs is 1. The molecule has 2 aromatic carbocycles. The topological polar surface area (TPSA) is 142 Å². The van der Waals surface area contributed by atoms with Gasteiger partial charge in [-0.25, -0.2) is 19.0 Å². The molecule has 210 valence electrons. The lowest BCUT2D eigenvalue weighted by molar-refractivity contribution is -0.192. The van der Waals surface area contributed by atoms with Gasteiger partial charge in [0.25, 0.3) is 5.91 Å². The van der Waals surface area contributed by atoms with E-state index in [-0.39, 0.29) is 5.92 Å². The molecule has 4 N–H and O–H groups in total. The number of nitrogens with zero attached hydrogens (tertiary/aromatic N) is 2. The number of nitrogens with one attached hydrogen (secondary N) is 2. The van der Waals surface area contributed by atoms with E-state index in [9.17, 15) is 32.3 Å². The van der Waals surface area contributed by atoms with Crippen LogP contribution in [-0.2, 0) is 9.59 Å². The number of thiazole rings is 1. The van der Waals surface area contributed by atoms with Crippen LogP contribution >= 0.6 is 11.3 Å². The monoisotopic (exact) mass is 578 g/mol. The number of anilines is 2. The van der Waals surface area contributed by atoms with Crippen molar-refractivity contribution in [2.75, 3.05) is 5.32 Å². The van der Waals surface area contributed by atoms with Crippen LogP contribution in [-0.4, -0.2) is 50.2 Å². The number of aliphatic carboxylic acids is 2. The third-order valence-corrected chi connectivity index (χ3v) is 6.29. The molecule has 0 fully saturated rings. The Morgan fingerprint density at radius 3 is 2.12 bits per heavy atom. The van der Waals surface area contributed by atoms with Gasteiger partial charge in [-0.15, -0.1) is 0 Å². The summed E-state index contributed by atoms with van der Waals surface area (Å²) in [5.74, 6) is -5.00. The van der Waals surface area contributed by atoms with E-state index in [0.717, 1.165) is 15.8 Å². The molecule has 0 unspecified atom stereocenters. The van der Waals surface area contributed by atoms with Crippen LogP contribution in [0.15, 0.2) is 60.9 Å². The average Bonchev–Trinajstić information content (AvgIpc) is 3.30. The fourth-order valence-electron chi connectivity index (χ4n) is 3.30. The van der Waals surface area contributed by atoms with Gasteiger partial charge < -0.3 is 20.8 Å². The van der Waals surface area contributed by atoms with E-state index in [2.05, 4.69) is 20.6 Å². The van der Waals surface area contributed by atoms with Gasteiger partial charge in [0.15, 0.2) is 5.13 Å². The Hall–Kier alpha value is -4.59. The Morgan fingerprint density at radius 2 is 1.60 bits per heavy atom. The molecule has 2 heterocycles. The van der Waals surface area contributed by atoms with Crippen molar-refractivity contribution in [2.45, 2.75) is 26.1 Å². The fraction of sp³-hybridized carbons (Fsp3) is 0.192. The van der Waals surface area contributed by atoms with Gasteiger partial charge in [-0.1, -0.05) is 43.4 Å². The molecule has 0 saturated carbocycles. The summed E-state index contributed by atoms with van der Waals surface area (Å²) in [5.41, 5.74) is 2.74. The first-order valence-electron chi connectivity index (χ1n) is 11.5. The third kappa shape index (κ3) is 7.72. The Morgan fingerprint density at radius 1 is 0.975 bits per heavy atom. The Balaban J connectivity index is 0.000000559. The number of carbonyl (C=O) groups excluding carboxylic acids is 1. The van der Waals surface area contributed by atoms with Gasteiger partial charge in [0.2, 0.25) is 0 Å². The van der Waals surface area contributed by atoms with Gasteiger partial charge in [-0.3, -0.25) is 9.78 Å². The molecule has 0 aliphatic rings. The van der Waals surface area contributed by atoms with E-state index in [1.54, 1.807) is 62.6 Å². The van der Waals surface area contributed by atoms with Crippen molar-refractivity contribution in [3.8, 4) is 11.1 Å². The summed E-state index contributed by atoms with van der Waals surface area (Å²) >= 11 is 1.41. The van der Waals surface area contributed by atoms with Crippen LogP contribution in [0, 0.1) is 11.7 Å². The maximum atomic E-state index is 14.8. The molecular weight excluding hydrogens is 556 g/mol. The second-order valence-corrected chi connectivity index (χ2v) is 9.63. The lowest BCUT2D eigenvalue weighted by Crippen LogP contribution is -2.44. The molecule has 0 saturated heterocycles. The summed E-state index contributed by atoms with van der Waals surface area (Å²) in [6, 6.07) is 12.3. The zero-order valence-electron chi connectivity index (χ0n) is 20.9. The van der Waals surface area contributed by atoms with Crippen molar-refractivity contribution >= 4 is 50.2 Å². The molecule has 4 rings (SSSR count). The summed E-state index contributed by atoms with van der Waals surface area (Å²) in [4.78, 5) is 41.0. The Bertz CT molecular complexity index is 1490. The van der Waals surface area contributed by atoms with Crippen LogP contribution in [0.3, 0.4) is 0 Å². The lowest BCUT2D eigenvalue weighted by atomic mass is 10.0. The van der Waals surface area contributed by atoms with Gasteiger partial charge >= 0.3 is 18.1 Å². The van der Waals surface area contributed by atoms with Crippen molar-refractivity contribution in [3.63, 3.8) is 0 Å². The Kier molecular flexibility index (Phi) is 9.37. The van der Waals surface area contributed by atoms with E-state index in [0.29, 0.717) is 21.9 Å². The number of pyridine rings is 1. The molecule has 0 radical (unpaired) electrons. The van der Waals surface area contributed by atoms with Crippen molar-refractivity contribution in [3.05, 3.63) is 72.3 Å². The molecule has 40 heavy (non-hydrogen) atoms. The summed E-state index contributed by atoms with van der Waals surface area (Å²) in [6.07, 6.45) is -1.74. The number of hydrogen-bond donors (Lipinski definition) is 4. The first kappa shape index (κ1) is 30.0. The molecule has 9 nitrogen and oxygen atoms in total. The number of carboxylic acids is 2. The van der Waals surface area contributed by atoms with Gasteiger partial charge in [0.1, 0.15) is 17.4 Å². The zero-order chi connectivity index (χ0) is 29.6. The van der Waals surface area contributed by atoms with E-state index < -0.39 is 35.9 Å². The molecule has 4 aromatic rings. The SMILES string of the molecule is CC(C)[C@H](NC(=O)c1ccc(-c2ccc(Nc3nc4cnccc4s3)c(F)c2)cc1)C(=O)O.O=C(O)C(F)(F)F. The normalized spacial score (nSPS) is 11.9. The van der Waals surface area contributed by atoms with Crippen LogP contribution in [0.1, 0.15) is 24.2 Å². The molecule has 14 heteroatoms. The van der Waals surface area contributed by atoms with Gasteiger partial charge in [0, 0.05) is 11.8 Å². The van der Waals surface area contributed by atoms with E-state index in [1.165, 1.54) is 17.4 Å². The number of aromatic nitrogens is 2. The molecule has 2 aromatic heterocycles. The predicted molar refractivity (Wildman–Crippen MR) is 140 cm³/mol. The summed E-state index contributed by atoms with van der Waals surface area (Å²) in [7, 11) is 0. The fourth-order valence-corrected chi connectivity index (χ4v) is 4.14. The maximum Gasteiger partial charge on any atom is 0.490 e. The van der Waals surface area contributed by atoms with E-state index in [1.807, 2.05) is 6.07 Å². The molecule has 1 atom stereocenters. The van der Waals surface area contributed by atoms with Crippen molar-refractivity contribution < 1.29 is 42.2 Å². The third-order valence-electron chi connectivity index (χ3n) is 5.34. The van der Waals surface area contributed by atoms with Crippen LogP contribution in [0.5, 0.6) is 0 Å². The minimum atomic E-state index is -5.08. The van der Waals surface area contributed by atoms with Crippen LogP contribution in [0.4, 0.5) is 28.4 Å². The second kappa shape index (κ2) is 12.5. The highest BCUT2D eigenvalue weighted by molar-refractivity contribution is 7.22. The number of rotatable bonds is 7. The number of benzene rings is 2. The molecule has 1 amide bonds. The Labute approximate surface area is 228 Å². The van der Waals surface area contributed by atoms with Crippen LogP contribution < -0.4 is 10.6 Å². The van der Waals surface area contributed by atoms with Crippen molar-refractivity contribution in [1.29, 1.82) is 0 Å². The highest BCUT2D eigenvalue weighted by Gasteiger charge is 2.38. The summed E-state index contributed by atoms with van der Waals surface area (Å²) in [6.45, 7) is 3.45. The highest BCUT2D eigenvalue weighted by atomic mass is 32.1. The molecule has 0 aliphatic heterocycles. The quantitative estimate of drug-likeness (QED) is 0.204. The molecular formula is C26H22F4N4O5S. The van der Waals surface area contributed by atoms with Gasteiger partial charge in [0.05, 0.1) is 16.6 Å². The number of amides is 1. The second-order valence-electron chi connectivity index (χ2n) is 8.60. The number of carboxylic acid groups (broad SMARTS) is 2. The minimum Gasteiger partial charge on any atom is -0.480 e. The zero-order valence-corrected chi connectivity index (χ0v) is 21.7. The number of carbonyl (C=O) groups is 3. The van der Waals surface area contributed by atoms with Gasteiger partial charge in [-0.2, -0.15) is 13.2 Å². The largest absolute Gasteiger partial charge is 0.490 e. The number of hydrogen-bond acceptors (Lipinski definition) is 7. The summed E-state index contributed by atoms with van der Waals surface area (Å²) < 4.78 is 47.5. The van der Waals surface area contributed by atoms with Crippen molar-refractivity contribution in [2.24, 2.45) is 5.92 Å². The number of alkyl halides is 3. The van der Waals surface area contributed by atoms with E-state index in [4.69, 9.17) is 9.90 Å². The van der Waals surface area contributed by atoms with E-state index >= 15 is 0 Å². The maximum absolute atomic E-state index is 14.8. The predicted octanol–water partition coefficient (Wildman–Crippen LogP) is 5.71. The first-order chi connectivity index (χ1) is 18.8. The summed E-state index contributed by atoms with van der Waals surface area (Å²) in [5, 5.41) is 22.5. The molecule has 0 bridgehead atoms. The van der Waals surface area contributed by atoms with Crippen LogP contribution in [0.2, 0.25) is 0 Å². The smallest absolute Gasteiger partial charge is 0.480 e.